The van der Waals surface area contributed by atoms with Crippen molar-refractivity contribution in [3.63, 3.8) is 0 Å². The van der Waals surface area contributed by atoms with Crippen molar-refractivity contribution in [2.24, 2.45) is 7.05 Å². The summed E-state index contributed by atoms with van der Waals surface area (Å²) in [5.41, 5.74) is 2.99. The quantitative estimate of drug-likeness (QED) is 0.926. The molecule has 3 heterocycles. The Morgan fingerprint density at radius 2 is 2.43 bits per heavy atom. The zero-order valence-electron chi connectivity index (χ0n) is 12.2. The first-order valence-electron chi connectivity index (χ1n) is 7.05. The van der Waals surface area contributed by atoms with Gasteiger partial charge in [0.05, 0.1) is 31.2 Å². The molecule has 1 aliphatic rings. The fourth-order valence-corrected chi connectivity index (χ4v) is 2.68. The van der Waals surface area contributed by atoms with Gasteiger partial charge in [-0.15, -0.1) is 0 Å². The van der Waals surface area contributed by atoms with Crippen LogP contribution in [-0.2, 0) is 23.0 Å². The molecule has 6 heteroatoms. The minimum Gasteiger partial charge on any atom is -0.472 e. The molecule has 0 unspecified atom stereocenters. The van der Waals surface area contributed by atoms with Crippen LogP contribution in [0.4, 0.5) is 0 Å². The average molecular weight is 289 g/mol. The maximum Gasteiger partial charge on any atom is 0.224 e. The molecule has 1 amide bonds. The van der Waals surface area contributed by atoms with Gasteiger partial charge in [0, 0.05) is 24.9 Å². The van der Waals surface area contributed by atoms with Crippen molar-refractivity contribution in [1.82, 2.24) is 15.1 Å². The molecular weight excluding hydrogens is 270 g/mol. The van der Waals surface area contributed by atoms with Crippen LogP contribution in [0.3, 0.4) is 0 Å². The second kappa shape index (κ2) is 5.73. The predicted octanol–water partition coefficient (Wildman–Crippen LogP) is 1.51. The zero-order chi connectivity index (χ0) is 14.8. The Balaban J connectivity index is 1.67. The highest BCUT2D eigenvalue weighted by Gasteiger charge is 2.33. The number of aromatic nitrogens is 2. The normalized spacial score (nSPS) is 21.6. The van der Waals surface area contributed by atoms with Gasteiger partial charge in [-0.3, -0.25) is 9.48 Å². The molecule has 0 spiro atoms. The lowest BCUT2D eigenvalue weighted by molar-refractivity contribution is -0.121. The van der Waals surface area contributed by atoms with Gasteiger partial charge in [-0.25, -0.2) is 0 Å². The fourth-order valence-electron chi connectivity index (χ4n) is 2.68. The summed E-state index contributed by atoms with van der Waals surface area (Å²) in [6, 6.07) is 1.79. The van der Waals surface area contributed by atoms with E-state index in [9.17, 15) is 4.79 Å². The van der Waals surface area contributed by atoms with E-state index in [0.717, 1.165) is 23.2 Å². The van der Waals surface area contributed by atoms with Gasteiger partial charge in [0.2, 0.25) is 5.91 Å². The molecule has 1 aliphatic heterocycles. The molecule has 0 radical (unpaired) electrons. The Kier molecular flexibility index (Phi) is 3.79. The van der Waals surface area contributed by atoms with Gasteiger partial charge in [0.25, 0.3) is 0 Å². The van der Waals surface area contributed by atoms with E-state index < -0.39 is 0 Å². The van der Waals surface area contributed by atoms with Crippen LogP contribution in [0.5, 0.6) is 0 Å². The van der Waals surface area contributed by atoms with Crippen molar-refractivity contribution in [2.75, 3.05) is 6.61 Å². The van der Waals surface area contributed by atoms with Crippen molar-refractivity contribution in [1.29, 1.82) is 0 Å². The molecule has 0 saturated carbocycles. The minimum atomic E-state index is -0.119. The summed E-state index contributed by atoms with van der Waals surface area (Å²) in [5, 5.41) is 7.31. The third-order valence-corrected chi connectivity index (χ3v) is 3.96. The lowest BCUT2D eigenvalue weighted by Crippen LogP contribution is -2.37. The van der Waals surface area contributed by atoms with Gasteiger partial charge >= 0.3 is 0 Å². The number of carbonyl (C=O) groups is 1. The molecule has 112 valence electrons. The van der Waals surface area contributed by atoms with Gasteiger partial charge in [-0.1, -0.05) is 0 Å². The van der Waals surface area contributed by atoms with Crippen LogP contribution < -0.4 is 5.32 Å². The predicted molar refractivity (Wildman–Crippen MR) is 75.6 cm³/mol. The smallest absolute Gasteiger partial charge is 0.224 e. The van der Waals surface area contributed by atoms with Crippen molar-refractivity contribution in [3.05, 3.63) is 41.6 Å². The maximum absolute atomic E-state index is 12.1. The van der Waals surface area contributed by atoms with Gasteiger partial charge < -0.3 is 14.5 Å². The molecule has 1 fully saturated rings. The van der Waals surface area contributed by atoms with Gasteiger partial charge in [-0.2, -0.15) is 5.10 Å². The Hall–Kier alpha value is -2.08. The molecule has 1 saturated heterocycles. The first-order valence-corrected chi connectivity index (χ1v) is 7.05. The molecule has 2 atom stereocenters. The monoisotopic (exact) mass is 289 g/mol. The second-order valence-corrected chi connectivity index (χ2v) is 5.37. The van der Waals surface area contributed by atoms with E-state index >= 15 is 0 Å². The number of ether oxygens (including phenoxy) is 1. The van der Waals surface area contributed by atoms with Crippen LogP contribution in [0.15, 0.2) is 29.2 Å². The molecule has 2 aromatic heterocycles. The third-order valence-electron chi connectivity index (χ3n) is 3.96. The van der Waals surface area contributed by atoms with E-state index in [2.05, 4.69) is 10.4 Å². The lowest BCUT2D eigenvalue weighted by Gasteiger charge is -2.19. The lowest BCUT2D eigenvalue weighted by atomic mass is 10.0. The van der Waals surface area contributed by atoms with Crippen molar-refractivity contribution in [3.8, 4) is 0 Å². The zero-order valence-corrected chi connectivity index (χ0v) is 12.2. The van der Waals surface area contributed by atoms with Crippen LogP contribution in [0.25, 0.3) is 0 Å². The molecule has 6 nitrogen and oxygen atoms in total. The number of carbonyl (C=O) groups excluding carboxylic acids is 1. The van der Waals surface area contributed by atoms with E-state index in [1.54, 1.807) is 18.6 Å². The summed E-state index contributed by atoms with van der Waals surface area (Å²) in [6.07, 6.45) is 6.01. The SMILES string of the molecule is Cc1c([C@H]2OCC[C@@H]2NC(=O)Cc2ccoc2)cnn1C. The summed E-state index contributed by atoms with van der Waals surface area (Å²) < 4.78 is 12.6. The first-order chi connectivity index (χ1) is 10.1. The fraction of sp³-hybridized carbons (Fsp3) is 0.467. The van der Waals surface area contributed by atoms with E-state index in [0.29, 0.717) is 13.0 Å². The van der Waals surface area contributed by atoms with Crippen LogP contribution >= 0.6 is 0 Å². The number of amides is 1. The number of aryl methyl sites for hydroxylation is 1. The molecule has 21 heavy (non-hydrogen) atoms. The number of furan rings is 1. The summed E-state index contributed by atoms with van der Waals surface area (Å²) in [5.74, 6) is -0.0153. The van der Waals surface area contributed by atoms with E-state index in [-0.39, 0.29) is 18.1 Å². The summed E-state index contributed by atoms with van der Waals surface area (Å²) in [4.78, 5) is 12.1. The number of hydrogen-bond acceptors (Lipinski definition) is 4. The van der Waals surface area contributed by atoms with Crippen LogP contribution in [-0.4, -0.2) is 28.3 Å². The number of hydrogen-bond donors (Lipinski definition) is 1. The Morgan fingerprint density at radius 1 is 1.57 bits per heavy atom. The van der Waals surface area contributed by atoms with Gasteiger partial charge in [0.1, 0.15) is 6.10 Å². The van der Waals surface area contributed by atoms with Crippen LogP contribution in [0.2, 0.25) is 0 Å². The van der Waals surface area contributed by atoms with Gasteiger partial charge in [0.15, 0.2) is 0 Å². The Bertz CT molecular complexity index is 618. The standard InChI is InChI=1S/C15H19N3O3/c1-10-12(8-16-18(10)2)15-13(4-6-21-15)17-14(19)7-11-3-5-20-9-11/h3,5,8-9,13,15H,4,6-7H2,1-2H3,(H,17,19)/t13-,15+/m0/s1. The molecule has 0 bridgehead atoms. The van der Waals surface area contributed by atoms with E-state index in [1.807, 2.05) is 24.9 Å². The largest absolute Gasteiger partial charge is 0.472 e. The number of nitrogens with zero attached hydrogens (tertiary/aromatic N) is 2. The third kappa shape index (κ3) is 2.85. The maximum atomic E-state index is 12.1. The molecule has 2 aromatic rings. The summed E-state index contributed by atoms with van der Waals surface area (Å²) in [7, 11) is 1.90. The van der Waals surface area contributed by atoms with Crippen molar-refractivity contribution >= 4 is 5.91 Å². The van der Waals surface area contributed by atoms with E-state index in [4.69, 9.17) is 9.15 Å². The van der Waals surface area contributed by atoms with Crippen molar-refractivity contribution in [2.45, 2.75) is 31.9 Å². The van der Waals surface area contributed by atoms with Gasteiger partial charge in [-0.05, 0) is 25.0 Å². The van der Waals surface area contributed by atoms with Crippen LogP contribution in [0, 0.1) is 6.92 Å². The highest BCUT2D eigenvalue weighted by molar-refractivity contribution is 5.78. The number of rotatable bonds is 4. The first kappa shape index (κ1) is 13.9. The molecule has 0 aromatic carbocycles. The van der Waals surface area contributed by atoms with E-state index in [1.165, 1.54) is 0 Å². The number of nitrogens with one attached hydrogen (secondary N) is 1. The highest BCUT2D eigenvalue weighted by Crippen LogP contribution is 2.30. The molecule has 0 aliphatic carbocycles. The summed E-state index contributed by atoms with van der Waals surface area (Å²) >= 11 is 0. The average Bonchev–Trinajstić information content (AvgIpc) is 3.15. The Labute approximate surface area is 123 Å². The molecular formula is C15H19N3O3. The Morgan fingerprint density at radius 3 is 3.10 bits per heavy atom. The minimum absolute atomic E-state index is 0.00713. The molecule has 1 N–H and O–H groups in total. The van der Waals surface area contributed by atoms with Crippen LogP contribution in [0.1, 0.15) is 29.3 Å². The molecule has 3 rings (SSSR count). The topological polar surface area (TPSA) is 69.3 Å². The second-order valence-electron chi connectivity index (χ2n) is 5.37. The van der Waals surface area contributed by atoms with Crippen molar-refractivity contribution < 1.29 is 13.9 Å². The summed E-state index contributed by atoms with van der Waals surface area (Å²) in [6.45, 7) is 2.66. The highest BCUT2D eigenvalue weighted by atomic mass is 16.5.